The van der Waals surface area contributed by atoms with Gasteiger partial charge in [-0.3, -0.25) is 14.4 Å². The third-order valence-corrected chi connectivity index (χ3v) is 7.02. The number of aliphatic hydroxyl groups excluding tert-OH is 1. The molecule has 0 spiro atoms. The first kappa shape index (κ1) is 27.7. The number of carbonyl (C=O) groups excluding carboxylic acids is 3. The molecule has 2 aromatic rings. The van der Waals surface area contributed by atoms with Gasteiger partial charge in [-0.25, -0.2) is 0 Å². The molecule has 37 heavy (non-hydrogen) atoms. The molecule has 1 unspecified atom stereocenters. The molecule has 3 rings (SSSR count). The minimum absolute atomic E-state index is 0.0323. The van der Waals surface area contributed by atoms with Crippen LogP contribution in [0.3, 0.4) is 0 Å². The zero-order valence-corrected chi connectivity index (χ0v) is 21.5. The van der Waals surface area contributed by atoms with E-state index >= 15 is 0 Å². The second-order valence-corrected chi connectivity index (χ2v) is 9.89. The van der Waals surface area contributed by atoms with Gasteiger partial charge in [0.1, 0.15) is 11.8 Å². The highest BCUT2D eigenvalue weighted by atomic mass is 16.3. The quantitative estimate of drug-likeness (QED) is 0.391. The van der Waals surface area contributed by atoms with Crippen LogP contribution in [0.4, 0.5) is 0 Å². The Hall–Kier alpha value is -3.91. The minimum atomic E-state index is -1.64. The summed E-state index contributed by atoms with van der Waals surface area (Å²) >= 11 is 0. The van der Waals surface area contributed by atoms with Crippen LogP contribution in [0.1, 0.15) is 35.3 Å². The number of benzene rings is 2. The van der Waals surface area contributed by atoms with Gasteiger partial charge in [-0.2, -0.15) is 0 Å². The average molecular weight is 506 g/mol. The van der Waals surface area contributed by atoms with Crippen LogP contribution in [-0.4, -0.2) is 64.1 Å². The van der Waals surface area contributed by atoms with Gasteiger partial charge in [-0.15, -0.1) is 6.58 Å². The van der Waals surface area contributed by atoms with Gasteiger partial charge in [0.25, 0.3) is 11.8 Å². The second-order valence-electron chi connectivity index (χ2n) is 9.89. The SMILES string of the molecule is C=CCNC(=O)C1N(C(=O)[C@@H](O)[C@H](Cc2ccccc2)NC(=O)c2cccc(O)c2C)CC(=C)C1(C)C. The van der Waals surface area contributed by atoms with E-state index in [4.69, 9.17) is 0 Å². The summed E-state index contributed by atoms with van der Waals surface area (Å²) in [6, 6.07) is 11.9. The van der Waals surface area contributed by atoms with Gasteiger partial charge < -0.3 is 25.7 Å². The smallest absolute Gasteiger partial charge is 0.254 e. The number of aliphatic hydroxyl groups is 1. The molecule has 8 nitrogen and oxygen atoms in total. The summed E-state index contributed by atoms with van der Waals surface area (Å²) in [5.41, 5.74) is 1.38. The minimum Gasteiger partial charge on any atom is -0.508 e. The molecule has 1 aliphatic heterocycles. The molecule has 3 atom stereocenters. The van der Waals surface area contributed by atoms with Gasteiger partial charge in [-0.1, -0.05) is 62.9 Å². The Balaban J connectivity index is 1.92. The third kappa shape index (κ3) is 5.91. The molecule has 0 saturated carbocycles. The van der Waals surface area contributed by atoms with E-state index in [1.54, 1.807) is 25.1 Å². The number of hydrogen-bond acceptors (Lipinski definition) is 5. The summed E-state index contributed by atoms with van der Waals surface area (Å²) in [6.45, 7) is 13.3. The van der Waals surface area contributed by atoms with Gasteiger partial charge in [0.2, 0.25) is 5.91 Å². The molecule has 3 amide bonds. The van der Waals surface area contributed by atoms with E-state index in [0.29, 0.717) is 11.1 Å². The highest BCUT2D eigenvalue weighted by molar-refractivity contribution is 5.97. The molecule has 0 radical (unpaired) electrons. The number of amides is 3. The molecule has 1 heterocycles. The van der Waals surface area contributed by atoms with E-state index in [1.165, 1.54) is 11.0 Å². The first-order valence-electron chi connectivity index (χ1n) is 12.2. The summed E-state index contributed by atoms with van der Waals surface area (Å²) in [5.74, 6) is -1.62. The van der Waals surface area contributed by atoms with Crippen molar-refractivity contribution in [1.82, 2.24) is 15.5 Å². The highest BCUT2D eigenvalue weighted by Gasteiger charge is 2.51. The van der Waals surface area contributed by atoms with Crippen molar-refractivity contribution >= 4 is 17.7 Å². The maximum Gasteiger partial charge on any atom is 0.254 e. The second kappa shape index (κ2) is 11.4. The average Bonchev–Trinajstić information content (AvgIpc) is 3.11. The van der Waals surface area contributed by atoms with Crippen molar-refractivity contribution in [3.05, 3.63) is 90.0 Å². The van der Waals surface area contributed by atoms with Gasteiger partial charge in [0, 0.05) is 29.6 Å². The number of nitrogens with zero attached hydrogens (tertiary/aromatic N) is 1. The lowest BCUT2D eigenvalue weighted by molar-refractivity contribution is -0.148. The van der Waals surface area contributed by atoms with Gasteiger partial charge in [0.15, 0.2) is 6.10 Å². The standard InChI is InChI=1S/C29H35N3O5/c1-6-15-30-27(36)25-29(4,5)18(2)17-32(25)28(37)24(34)22(16-20-11-8-7-9-12-20)31-26(35)21-13-10-14-23(33)19(21)3/h6-14,22,24-25,33-34H,1-2,15-17H2,3-5H3,(H,30,36)(H,31,35)/t22-,24-,25?/m0/s1. The fourth-order valence-electron chi connectivity index (χ4n) is 4.59. The molecule has 4 N–H and O–H groups in total. The molecule has 1 saturated heterocycles. The van der Waals surface area contributed by atoms with Crippen molar-refractivity contribution in [1.29, 1.82) is 0 Å². The molecular weight excluding hydrogens is 470 g/mol. The summed E-state index contributed by atoms with van der Waals surface area (Å²) in [7, 11) is 0. The molecule has 196 valence electrons. The Bertz CT molecular complexity index is 1190. The Labute approximate surface area is 217 Å². The van der Waals surface area contributed by atoms with E-state index in [-0.39, 0.29) is 36.7 Å². The van der Waals surface area contributed by atoms with Crippen LogP contribution in [0.25, 0.3) is 0 Å². The van der Waals surface area contributed by atoms with E-state index < -0.39 is 35.4 Å². The number of carbonyl (C=O) groups is 3. The lowest BCUT2D eigenvalue weighted by Gasteiger charge is -2.34. The first-order chi connectivity index (χ1) is 17.5. The van der Waals surface area contributed by atoms with Crippen LogP contribution in [0.5, 0.6) is 5.75 Å². The lowest BCUT2D eigenvalue weighted by Crippen LogP contribution is -2.57. The summed E-state index contributed by atoms with van der Waals surface area (Å²) in [6.07, 6.45) is 0.0750. The lowest BCUT2D eigenvalue weighted by atomic mass is 9.81. The highest BCUT2D eigenvalue weighted by Crippen LogP contribution is 2.40. The van der Waals surface area contributed by atoms with Crippen molar-refractivity contribution < 1.29 is 24.6 Å². The summed E-state index contributed by atoms with van der Waals surface area (Å²) in [4.78, 5) is 41.2. The topological polar surface area (TPSA) is 119 Å². The van der Waals surface area contributed by atoms with Crippen LogP contribution in [0.15, 0.2) is 73.3 Å². The number of aromatic hydroxyl groups is 1. The van der Waals surface area contributed by atoms with Crippen molar-refractivity contribution in [2.24, 2.45) is 5.41 Å². The Morgan fingerprint density at radius 3 is 2.49 bits per heavy atom. The zero-order valence-electron chi connectivity index (χ0n) is 21.5. The van der Waals surface area contributed by atoms with E-state index in [1.807, 2.05) is 44.2 Å². The Kier molecular flexibility index (Phi) is 8.55. The molecule has 0 aromatic heterocycles. The molecule has 2 aromatic carbocycles. The Morgan fingerprint density at radius 1 is 1.16 bits per heavy atom. The van der Waals surface area contributed by atoms with E-state index in [2.05, 4.69) is 23.8 Å². The number of hydrogen-bond donors (Lipinski definition) is 4. The largest absolute Gasteiger partial charge is 0.508 e. The van der Waals surface area contributed by atoms with Crippen LogP contribution < -0.4 is 10.6 Å². The number of phenolic OH excluding ortho intramolecular Hbond substituents is 1. The monoisotopic (exact) mass is 505 g/mol. The molecule has 1 fully saturated rings. The fraction of sp³-hybridized carbons (Fsp3) is 0.345. The van der Waals surface area contributed by atoms with Crippen LogP contribution in [0.2, 0.25) is 0 Å². The molecular formula is C29H35N3O5. The summed E-state index contributed by atoms with van der Waals surface area (Å²) < 4.78 is 0. The molecule has 0 aliphatic carbocycles. The predicted octanol–water partition coefficient (Wildman–Crippen LogP) is 2.50. The van der Waals surface area contributed by atoms with E-state index in [0.717, 1.165) is 5.56 Å². The van der Waals surface area contributed by atoms with Crippen LogP contribution >= 0.6 is 0 Å². The number of rotatable bonds is 9. The van der Waals surface area contributed by atoms with Crippen LogP contribution in [-0.2, 0) is 16.0 Å². The van der Waals surface area contributed by atoms with Crippen LogP contribution in [0, 0.1) is 12.3 Å². The van der Waals surface area contributed by atoms with Gasteiger partial charge in [-0.05, 0) is 36.6 Å². The number of likely N-dealkylation sites (tertiary alicyclic amines) is 1. The molecule has 0 bridgehead atoms. The van der Waals surface area contributed by atoms with Crippen molar-refractivity contribution in [3.63, 3.8) is 0 Å². The maximum absolute atomic E-state index is 13.7. The number of nitrogens with one attached hydrogen (secondary N) is 2. The molecule has 1 aliphatic rings. The van der Waals surface area contributed by atoms with E-state index in [9.17, 15) is 24.6 Å². The van der Waals surface area contributed by atoms with Gasteiger partial charge >= 0.3 is 0 Å². The molecule has 8 heteroatoms. The first-order valence-corrected chi connectivity index (χ1v) is 12.2. The third-order valence-electron chi connectivity index (χ3n) is 7.02. The zero-order chi connectivity index (χ0) is 27.3. The maximum atomic E-state index is 13.7. The summed E-state index contributed by atoms with van der Waals surface area (Å²) in [5, 5.41) is 26.9. The van der Waals surface area contributed by atoms with Crippen molar-refractivity contribution in [3.8, 4) is 5.75 Å². The van der Waals surface area contributed by atoms with Crippen molar-refractivity contribution in [2.75, 3.05) is 13.1 Å². The van der Waals surface area contributed by atoms with Crippen molar-refractivity contribution in [2.45, 2.75) is 45.4 Å². The normalized spacial score (nSPS) is 18.1. The fourth-order valence-corrected chi connectivity index (χ4v) is 4.59. The number of phenols is 1. The van der Waals surface area contributed by atoms with Gasteiger partial charge in [0.05, 0.1) is 6.04 Å². The Morgan fingerprint density at radius 2 is 1.84 bits per heavy atom. The predicted molar refractivity (Wildman–Crippen MR) is 142 cm³/mol.